The van der Waals surface area contributed by atoms with Gasteiger partial charge in [-0.25, -0.2) is 0 Å². The SMILES string of the molecule is CCCNC(C(O)I)C(C)CCCCNC(N)CCCCCCCCCCCCCCCCCCC(=O)O. The smallest absolute Gasteiger partial charge is 0.303 e. The number of aliphatic hydroxyl groups is 1. The average Bonchev–Trinajstić information content (AvgIpc) is 2.87. The van der Waals surface area contributed by atoms with Crippen molar-refractivity contribution < 1.29 is 15.0 Å². The van der Waals surface area contributed by atoms with Gasteiger partial charge in [-0.1, -0.05) is 117 Å². The molecule has 4 unspecified atom stereocenters. The van der Waals surface area contributed by atoms with Gasteiger partial charge in [0, 0.05) is 12.5 Å². The molecule has 0 amide bonds. The molecule has 0 spiro atoms. The third-order valence-corrected chi connectivity index (χ3v) is 8.46. The van der Waals surface area contributed by atoms with Crippen molar-refractivity contribution in [2.45, 2.75) is 171 Å². The molecule has 0 aliphatic heterocycles. The van der Waals surface area contributed by atoms with Gasteiger partial charge < -0.3 is 26.6 Å². The van der Waals surface area contributed by atoms with E-state index in [9.17, 15) is 9.90 Å². The number of carboxylic acid groups (broad SMARTS) is 1. The number of aliphatic hydroxyl groups excluding tert-OH is 1. The Balaban J connectivity index is 3.37. The van der Waals surface area contributed by atoms with E-state index in [1.165, 1.54) is 96.3 Å². The van der Waals surface area contributed by atoms with Crippen LogP contribution in [0.15, 0.2) is 0 Å². The summed E-state index contributed by atoms with van der Waals surface area (Å²) in [6.07, 6.45) is 26.6. The molecular formula is C31H64IN3O3. The number of nitrogens with two attached hydrogens (primary N) is 1. The van der Waals surface area contributed by atoms with Gasteiger partial charge in [-0.2, -0.15) is 0 Å². The lowest BCUT2D eigenvalue weighted by Crippen LogP contribution is -2.42. The lowest BCUT2D eigenvalue weighted by atomic mass is 9.96. The van der Waals surface area contributed by atoms with Crippen LogP contribution < -0.4 is 16.4 Å². The summed E-state index contributed by atoms with van der Waals surface area (Å²) in [6, 6.07) is 0.182. The molecule has 4 atom stereocenters. The second-order valence-electron chi connectivity index (χ2n) is 11.5. The van der Waals surface area contributed by atoms with Gasteiger partial charge in [0.2, 0.25) is 0 Å². The van der Waals surface area contributed by atoms with E-state index in [1.54, 1.807) is 0 Å². The Labute approximate surface area is 249 Å². The topological polar surface area (TPSA) is 108 Å². The molecule has 0 fully saturated rings. The molecule has 0 radical (unpaired) electrons. The van der Waals surface area contributed by atoms with Gasteiger partial charge in [-0.05, 0) is 73.7 Å². The minimum Gasteiger partial charge on any atom is -0.481 e. The predicted octanol–water partition coefficient (Wildman–Crippen LogP) is 7.90. The van der Waals surface area contributed by atoms with E-state index in [4.69, 9.17) is 10.8 Å². The minimum absolute atomic E-state index is 0.125. The maximum Gasteiger partial charge on any atom is 0.303 e. The van der Waals surface area contributed by atoms with Gasteiger partial charge in [0.15, 0.2) is 0 Å². The van der Waals surface area contributed by atoms with Crippen molar-refractivity contribution in [3.63, 3.8) is 0 Å². The van der Waals surface area contributed by atoms with Crippen LogP contribution in [0, 0.1) is 5.92 Å². The van der Waals surface area contributed by atoms with Crippen LogP contribution in [0.3, 0.4) is 0 Å². The maximum absolute atomic E-state index is 10.5. The fourth-order valence-corrected chi connectivity index (χ4v) is 6.12. The standard InChI is InChI=1S/C31H64IN3O3/c1-3-25-35-30(31(32)38)27(2)22-20-21-26-34-28(33)23-18-16-14-12-10-8-6-4-5-7-9-11-13-15-17-19-24-29(36)37/h27-28,30-31,34-35,38H,3-26,33H2,1-2H3,(H,36,37). The monoisotopic (exact) mass is 653 g/mol. The first-order chi connectivity index (χ1) is 18.4. The number of aliphatic carboxylic acids is 1. The number of hydrogen-bond donors (Lipinski definition) is 5. The first-order valence-electron chi connectivity index (χ1n) is 16.1. The highest BCUT2D eigenvalue weighted by Gasteiger charge is 2.22. The van der Waals surface area contributed by atoms with E-state index in [0.29, 0.717) is 12.3 Å². The number of carboxylic acids is 1. The zero-order chi connectivity index (χ0) is 28.3. The summed E-state index contributed by atoms with van der Waals surface area (Å²) in [5.74, 6) is -0.183. The third-order valence-electron chi connectivity index (χ3n) is 7.69. The van der Waals surface area contributed by atoms with E-state index in [0.717, 1.165) is 51.6 Å². The van der Waals surface area contributed by atoms with Crippen LogP contribution in [-0.2, 0) is 4.79 Å². The summed E-state index contributed by atoms with van der Waals surface area (Å²) in [6.45, 7) is 6.36. The normalized spacial score (nSPS) is 14.9. The number of rotatable bonds is 30. The van der Waals surface area contributed by atoms with Gasteiger partial charge in [0.25, 0.3) is 0 Å². The van der Waals surface area contributed by atoms with Gasteiger partial charge in [0.05, 0.1) is 6.17 Å². The van der Waals surface area contributed by atoms with Crippen LogP contribution in [0.5, 0.6) is 0 Å². The number of halogens is 1. The number of alkyl halides is 1. The Morgan fingerprint density at radius 2 is 1.16 bits per heavy atom. The minimum atomic E-state index is -0.662. The van der Waals surface area contributed by atoms with E-state index < -0.39 is 5.97 Å². The maximum atomic E-state index is 10.5. The van der Waals surface area contributed by atoms with Crippen molar-refractivity contribution >= 4 is 28.6 Å². The summed E-state index contributed by atoms with van der Waals surface area (Å²) in [4.78, 5) is 10.5. The van der Waals surface area contributed by atoms with Crippen LogP contribution >= 0.6 is 22.6 Å². The molecule has 6 N–H and O–H groups in total. The molecule has 0 aliphatic carbocycles. The second kappa shape index (κ2) is 28.6. The number of unbranched alkanes of at least 4 members (excludes halogenated alkanes) is 16. The Morgan fingerprint density at radius 1 is 0.711 bits per heavy atom. The van der Waals surface area contributed by atoms with E-state index in [1.807, 2.05) is 0 Å². The summed E-state index contributed by atoms with van der Waals surface area (Å²) < 4.78 is -0.331. The van der Waals surface area contributed by atoms with E-state index in [-0.39, 0.29) is 16.3 Å². The molecule has 0 rings (SSSR count). The van der Waals surface area contributed by atoms with Crippen LogP contribution in [0.4, 0.5) is 0 Å². The summed E-state index contributed by atoms with van der Waals surface area (Å²) in [7, 11) is 0. The lowest BCUT2D eigenvalue weighted by Gasteiger charge is -2.27. The second-order valence-corrected chi connectivity index (χ2v) is 12.8. The number of hydrogen-bond acceptors (Lipinski definition) is 5. The average molecular weight is 654 g/mol. The predicted molar refractivity (Wildman–Crippen MR) is 172 cm³/mol. The third kappa shape index (κ3) is 26.3. The Kier molecular flexibility index (Phi) is 28.6. The van der Waals surface area contributed by atoms with Crippen molar-refractivity contribution in [2.75, 3.05) is 13.1 Å². The highest BCUT2D eigenvalue weighted by atomic mass is 127. The van der Waals surface area contributed by atoms with Crippen LogP contribution in [0.2, 0.25) is 0 Å². The lowest BCUT2D eigenvalue weighted by molar-refractivity contribution is -0.137. The van der Waals surface area contributed by atoms with Gasteiger partial charge in [-0.3, -0.25) is 4.79 Å². The fourth-order valence-electron chi connectivity index (χ4n) is 5.16. The quantitative estimate of drug-likeness (QED) is 0.0234. The van der Waals surface area contributed by atoms with Crippen molar-refractivity contribution in [3.05, 3.63) is 0 Å². The first kappa shape index (κ1) is 38.0. The molecule has 0 saturated carbocycles. The Bertz CT molecular complexity index is 511. The molecule has 0 aromatic heterocycles. The highest BCUT2D eigenvalue weighted by Crippen LogP contribution is 2.19. The zero-order valence-corrected chi connectivity index (χ0v) is 27.2. The number of carbonyl (C=O) groups is 1. The molecule has 0 aromatic carbocycles. The largest absolute Gasteiger partial charge is 0.481 e. The summed E-state index contributed by atoms with van der Waals surface area (Å²) >= 11 is 2.13. The molecule has 6 nitrogen and oxygen atoms in total. The van der Waals surface area contributed by atoms with E-state index >= 15 is 0 Å². The molecule has 7 heteroatoms. The number of nitrogens with one attached hydrogen (secondary N) is 2. The first-order valence-corrected chi connectivity index (χ1v) is 17.4. The van der Waals surface area contributed by atoms with E-state index in [2.05, 4.69) is 47.1 Å². The molecule has 38 heavy (non-hydrogen) atoms. The van der Waals surface area contributed by atoms with Gasteiger partial charge in [-0.15, -0.1) is 0 Å². The molecule has 0 aromatic rings. The van der Waals surface area contributed by atoms with Gasteiger partial charge in [0.1, 0.15) is 4.11 Å². The zero-order valence-electron chi connectivity index (χ0n) is 25.0. The molecule has 228 valence electrons. The Hall–Kier alpha value is 0.0400. The summed E-state index contributed by atoms with van der Waals surface area (Å²) in [5.41, 5.74) is 6.26. The Morgan fingerprint density at radius 3 is 1.61 bits per heavy atom. The molecular weight excluding hydrogens is 589 g/mol. The van der Waals surface area contributed by atoms with Crippen molar-refractivity contribution in [3.8, 4) is 0 Å². The van der Waals surface area contributed by atoms with Crippen LogP contribution in [-0.4, -0.2) is 45.6 Å². The van der Waals surface area contributed by atoms with Crippen molar-refractivity contribution in [1.29, 1.82) is 0 Å². The van der Waals surface area contributed by atoms with Crippen molar-refractivity contribution in [1.82, 2.24) is 10.6 Å². The fraction of sp³-hybridized carbons (Fsp3) is 0.968. The molecule has 0 heterocycles. The van der Waals surface area contributed by atoms with Crippen LogP contribution in [0.25, 0.3) is 0 Å². The summed E-state index contributed by atoms with van der Waals surface area (Å²) in [5, 5.41) is 25.6. The molecule has 0 bridgehead atoms. The highest BCUT2D eigenvalue weighted by molar-refractivity contribution is 14.1. The van der Waals surface area contributed by atoms with Gasteiger partial charge >= 0.3 is 5.97 Å². The molecule has 0 saturated heterocycles. The molecule has 0 aliphatic rings. The van der Waals surface area contributed by atoms with Crippen molar-refractivity contribution in [2.24, 2.45) is 11.7 Å². The van der Waals surface area contributed by atoms with Crippen LogP contribution in [0.1, 0.15) is 155 Å².